The number of fused-ring (bicyclic) bond motifs is 4. The van der Waals surface area contributed by atoms with Gasteiger partial charge in [-0.1, -0.05) is 0 Å². The van der Waals surface area contributed by atoms with Crippen molar-refractivity contribution in [3.05, 3.63) is 76.4 Å². The molecule has 1 unspecified atom stereocenters. The van der Waals surface area contributed by atoms with E-state index in [4.69, 9.17) is 15.6 Å². The minimum atomic E-state index is -1.42. The molecule has 1 aliphatic heterocycles. The molecular formula is C29H24N6O7S. The third kappa shape index (κ3) is 5.37. The first-order chi connectivity index (χ1) is 20.7. The summed E-state index contributed by atoms with van der Waals surface area (Å²) >= 11 is 1.50. The van der Waals surface area contributed by atoms with Gasteiger partial charge in [-0.2, -0.15) is 0 Å². The standard InChI is InChI=1S/C29H24N6O7S/c30-29-34-20-3-1-14(7-22(20)35-29)32-26(38)18-8-19-23(42-12-13-5-6-43-25(13)19)9-17(18)16-2-4-21(33-24(16)28(40)41)27(39)31-10-15(37)11-36/h1-9,15,36-37H,10-12H2,(H,31,39)(H,32,38)(H,40,41)(H3,30,34,35). The van der Waals surface area contributed by atoms with E-state index in [0.29, 0.717) is 34.6 Å². The summed E-state index contributed by atoms with van der Waals surface area (Å²) in [4.78, 5) is 50.9. The number of imidazole rings is 1. The monoisotopic (exact) mass is 600 g/mol. The van der Waals surface area contributed by atoms with Crippen LogP contribution in [-0.2, 0) is 6.61 Å². The fourth-order valence-electron chi connectivity index (χ4n) is 4.77. The molecule has 0 radical (unpaired) electrons. The Hall–Kier alpha value is -5.31. The molecule has 5 aromatic rings. The molecule has 0 fully saturated rings. The van der Waals surface area contributed by atoms with E-state index in [1.165, 1.54) is 23.5 Å². The predicted octanol–water partition coefficient (Wildman–Crippen LogP) is 2.86. The van der Waals surface area contributed by atoms with Crippen LogP contribution < -0.4 is 21.1 Å². The van der Waals surface area contributed by atoms with Crippen LogP contribution in [0.25, 0.3) is 32.6 Å². The maximum Gasteiger partial charge on any atom is 0.355 e. The Labute approximate surface area is 247 Å². The van der Waals surface area contributed by atoms with E-state index >= 15 is 0 Å². The lowest BCUT2D eigenvalue weighted by Gasteiger charge is -2.21. The molecule has 0 bridgehead atoms. The van der Waals surface area contributed by atoms with Crippen LogP contribution in [0.4, 0.5) is 11.6 Å². The predicted molar refractivity (Wildman–Crippen MR) is 158 cm³/mol. The molecule has 8 N–H and O–H groups in total. The fourth-order valence-corrected chi connectivity index (χ4v) is 5.70. The number of rotatable bonds is 8. The molecule has 0 saturated carbocycles. The van der Waals surface area contributed by atoms with Crippen LogP contribution in [0, 0.1) is 0 Å². The van der Waals surface area contributed by atoms with Crippen molar-refractivity contribution in [2.75, 3.05) is 24.2 Å². The van der Waals surface area contributed by atoms with E-state index in [2.05, 4.69) is 25.6 Å². The zero-order valence-corrected chi connectivity index (χ0v) is 23.1. The number of nitrogens with zero attached hydrogens (tertiary/aromatic N) is 2. The van der Waals surface area contributed by atoms with Gasteiger partial charge in [0.15, 0.2) is 11.6 Å². The number of aliphatic hydroxyl groups excluding tert-OH is 2. The largest absolute Gasteiger partial charge is 0.488 e. The van der Waals surface area contributed by atoms with E-state index in [0.717, 1.165) is 10.4 Å². The Morgan fingerprint density at radius 3 is 2.67 bits per heavy atom. The summed E-state index contributed by atoms with van der Waals surface area (Å²) < 4.78 is 5.98. The number of aromatic nitrogens is 3. The Morgan fingerprint density at radius 2 is 1.88 bits per heavy atom. The highest BCUT2D eigenvalue weighted by Gasteiger charge is 2.27. The van der Waals surface area contributed by atoms with Gasteiger partial charge in [-0.15, -0.1) is 11.3 Å². The number of carboxylic acids is 1. The Balaban J connectivity index is 1.44. The minimum Gasteiger partial charge on any atom is -0.488 e. The van der Waals surface area contributed by atoms with Crippen molar-refractivity contribution in [1.29, 1.82) is 0 Å². The number of thiophene rings is 1. The van der Waals surface area contributed by atoms with Gasteiger partial charge in [0.25, 0.3) is 11.8 Å². The van der Waals surface area contributed by atoms with E-state index in [9.17, 15) is 24.6 Å². The van der Waals surface area contributed by atoms with Crippen LogP contribution in [0.3, 0.4) is 0 Å². The first-order valence-electron chi connectivity index (χ1n) is 13.0. The highest BCUT2D eigenvalue weighted by Crippen LogP contribution is 2.44. The molecule has 1 aliphatic rings. The Bertz CT molecular complexity index is 1920. The molecule has 14 heteroatoms. The van der Waals surface area contributed by atoms with Crippen molar-refractivity contribution in [3.63, 3.8) is 0 Å². The summed E-state index contributed by atoms with van der Waals surface area (Å²) in [6, 6.07) is 13.0. The van der Waals surface area contributed by atoms with Crippen LogP contribution in [0.5, 0.6) is 5.75 Å². The number of anilines is 2. The molecule has 13 nitrogen and oxygen atoms in total. The topological polar surface area (TPSA) is 213 Å². The molecule has 4 heterocycles. The van der Waals surface area contributed by atoms with Crippen molar-refractivity contribution in [2.24, 2.45) is 0 Å². The van der Waals surface area contributed by atoms with Crippen LogP contribution in [-0.4, -0.2) is 67.3 Å². The van der Waals surface area contributed by atoms with E-state index in [1.54, 1.807) is 30.3 Å². The number of hydrogen-bond acceptors (Lipinski definition) is 10. The van der Waals surface area contributed by atoms with Crippen LogP contribution in [0.1, 0.15) is 36.9 Å². The number of carbonyl (C=O) groups is 3. The number of nitrogens with one attached hydrogen (secondary N) is 3. The number of nitrogen functional groups attached to an aromatic ring is 1. The molecule has 0 spiro atoms. The number of carboxylic acid groups (broad SMARTS) is 1. The SMILES string of the molecule is Nc1nc2ccc(NC(=O)c3cc4c(cc3-c3ccc(C(=O)NCC(O)CO)nc3C(=O)O)OCc3ccsc3-4)cc2[nH]1. The molecule has 3 aromatic heterocycles. The van der Waals surface area contributed by atoms with Crippen molar-refractivity contribution >= 4 is 51.8 Å². The van der Waals surface area contributed by atoms with Gasteiger partial charge in [0.2, 0.25) is 0 Å². The number of aromatic amines is 1. The van der Waals surface area contributed by atoms with Crippen LogP contribution >= 0.6 is 11.3 Å². The average Bonchev–Trinajstić information content (AvgIpc) is 3.64. The zero-order chi connectivity index (χ0) is 30.2. The van der Waals surface area contributed by atoms with Gasteiger partial charge >= 0.3 is 5.97 Å². The normalized spacial score (nSPS) is 12.6. The lowest BCUT2D eigenvalue weighted by atomic mass is 9.92. The average molecular weight is 601 g/mol. The molecule has 2 aromatic carbocycles. The molecule has 6 rings (SSSR count). The lowest BCUT2D eigenvalue weighted by molar-refractivity contribution is 0.0690. The minimum absolute atomic E-state index is 0.0877. The number of pyridine rings is 1. The molecule has 43 heavy (non-hydrogen) atoms. The second kappa shape index (κ2) is 11.2. The fraction of sp³-hybridized carbons (Fsp3) is 0.138. The highest BCUT2D eigenvalue weighted by atomic mass is 32.1. The summed E-state index contributed by atoms with van der Waals surface area (Å²) in [5.41, 5.74) is 8.88. The number of benzene rings is 2. The summed E-state index contributed by atoms with van der Waals surface area (Å²) in [5.74, 6) is -1.99. The van der Waals surface area contributed by atoms with Gasteiger partial charge in [-0.3, -0.25) is 9.59 Å². The first kappa shape index (κ1) is 27.8. The molecular weight excluding hydrogens is 576 g/mol. The third-order valence-electron chi connectivity index (χ3n) is 6.83. The highest BCUT2D eigenvalue weighted by molar-refractivity contribution is 7.13. The zero-order valence-electron chi connectivity index (χ0n) is 22.2. The summed E-state index contributed by atoms with van der Waals surface area (Å²) in [5, 5.41) is 35.8. The number of amides is 2. The molecule has 218 valence electrons. The quantitative estimate of drug-likeness (QED) is 0.138. The molecule has 0 aliphatic carbocycles. The lowest BCUT2D eigenvalue weighted by Crippen LogP contribution is -2.34. The van der Waals surface area contributed by atoms with Gasteiger partial charge in [0.05, 0.1) is 23.7 Å². The maximum absolute atomic E-state index is 13.8. The van der Waals surface area contributed by atoms with E-state index in [-0.39, 0.29) is 34.9 Å². The van der Waals surface area contributed by atoms with E-state index in [1.807, 2.05) is 11.4 Å². The number of carbonyl (C=O) groups excluding carboxylic acids is 2. The van der Waals surface area contributed by atoms with Crippen molar-refractivity contribution in [2.45, 2.75) is 12.7 Å². The molecule has 0 saturated heterocycles. The number of H-pyrrole nitrogens is 1. The van der Waals surface area contributed by atoms with Crippen LogP contribution in [0.2, 0.25) is 0 Å². The maximum atomic E-state index is 13.8. The van der Waals surface area contributed by atoms with E-state index < -0.39 is 36.2 Å². The number of nitrogens with two attached hydrogens (primary N) is 1. The van der Waals surface area contributed by atoms with Crippen molar-refractivity contribution < 1.29 is 34.4 Å². The number of aromatic carboxylic acids is 1. The second-order valence-corrected chi connectivity index (χ2v) is 10.6. The molecule has 2 amide bonds. The van der Waals surface area contributed by atoms with Gasteiger partial charge in [-0.05, 0) is 53.9 Å². The van der Waals surface area contributed by atoms with Gasteiger partial charge in [0, 0.05) is 44.9 Å². The van der Waals surface area contributed by atoms with Gasteiger partial charge in [-0.25, -0.2) is 14.8 Å². The van der Waals surface area contributed by atoms with Crippen molar-refractivity contribution in [3.8, 4) is 27.3 Å². The summed E-state index contributed by atoms with van der Waals surface area (Å²) in [7, 11) is 0. The number of aliphatic hydroxyl groups is 2. The first-order valence-corrected chi connectivity index (χ1v) is 13.9. The van der Waals surface area contributed by atoms with Gasteiger partial charge in [0.1, 0.15) is 18.1 Å². The number of ether oxygens (including phenoxy) is 1. The Morgan fingerprint density at radius 1 is 1.05 bits per heavy atom. The smallest absolute Gasteiger partial charge is 0.355 e. The van der Waals surface area contributed by atoms with Crippen LogP contribution in [0.15, 0.2) is 53.9 Å². The Kier molecular flexibility index (Phi) is 7.23. The summed E-state index contributed by atoms with van der Waals surface area (Å²) in [6.07, 6.45) is -1.19. The van der Waals surface area contributed by atoms with Gasteiger partial charge < -0.3 is 41.4 Å². The molecule has 1 atom stereocenters. The number of hydrogen-bond donors (Lipinski definition) is 7. The second-order valence-electron chi connectivity index (χ2n) is 9.71. The van der Waals surface area contributed by atoms with Crippen molar-refractivity contribution in [1.82, 2.24) is 20.3 Å². The third-order valence-corrected chi connectivity index (χ3v) is 7.82. The summed E-state index contributed by atoms with van der Waals surface area (Å²) in [6.45, 7) is -0.503.